The first-order chi connectivity index (χ1) is 13.0. The number of amides is 1. The molecule has 0 saturated heterocycles. The van der Waals surface area contributed by atoms with Crippen molar-refractivity contribution in [1.82, 2.24) is 4.57 Å². The van der Waals surface area contributed by atoms with Crippen molar-refractivity contribution in [2.45, 2.75) is 19.9 Å². The van der Waals surface area contributed by atoms with E-state index in [0.717, 1.165) is 16.5 Å². The van der Waals surface area contributed by atoms with E-state index in [-0.39, 0.29) is 11.5 Å². The van der Waals surface area contributed by atoms with E-state index in [0.29, 0.717) is 17.2 Å². The lowest BCUT2D eigenvalue weighted by atomic mass is 10.1. The van der Waals surface area contributed by atoms with Gasteiger partial charge in [0.25, 0.3) is 5.56 Å². The van der Waals surface area contributed by atoms with Crippen molar-refractivity contribution in [1.29, 1.82) is 0 Å². The van der Waals surface area contributed by atoms with Crippen LogP contribution in [0.15, 0.2) is 53.3 Å². The number of ether oxygens (including phenoxy) is 2. The Hall–Kier alpha value is -3.28. The number of nitrogens with zero attached hydrogens (tertiary/aromatic N) is 1. The maximum atomic E-state index is 12.9. The third-order valence-electron chi connectivity index (χ3n) is 4.60. The number of rotatable bonds is 5. The second-order valence-corrected chi connectivity index (χ2v) is 6.28. The number of hydrogen-bond acceptors (Lipinski definition) is 4. The van der Waals surface area contributed by atoms with Crippen molar-refractivity contribution in [3.8, 4) is 11.5 Å². The molecule has 3 aromatic rings. The highest BCUT2D eigenvalue weighted by Gasteiger charge is 2.20. The van der Waals surface area contributed by atoms with Gasteiger partial charge in [0, 0.05) is 17.5 Å². The van der Waals surface area contributed by atoms with Crippen LogP contribution in [0.2, 0.25) is 0 Å². The van der Waals surface area contributed by atoms with Gasteiger partial charge >= 0.3 is 0 Å². The van der Waals surface area contributed by atoms with Crippen LogP contribution >= 0.6 is 0 Å². The standard InChI is InChI=1S/C21H22N2O4/c1-13-11-20(24)23(18-8-6-5-7-16(13)18)14(2)21(25)22-17-10-9-15(26-3)12-19(17)27-4/h5-12,14H,1-4H3,(H,22,25). The second-order valence-electron chi connectivity index (χ2n) is 6.28. The van der Waals surface area contributed by atoms with E-state index in [1.807, 2.05) is 31.2 Å². The van der Waals surface area contributed by atoms with Gasteiger partial charge < -0.3 is 14.8 Å². The Kier molecular flexibility index (Phi) is 5.16. The molecule has 1 unspecified atom stereocenters. The van der Waals surface area contributed by atoms with Gasteiger partial charge in [-0.15, -0.1) is 0 Å². The number of hydrogen-bond donors (Lipinski definition) is 1. The average molecular weight is 366 g/mol. The predicted molar refractivity (Wildman–Crippen MR) is 106 cm³/mol. The zero-order valence-corrected chi connectivity index (χ0v) is 15.8. The molecule has 3 rings (SSSR count). The number of pyridine rings is 1. The molecule has 1 heterocycles. The van der Waals surface area contributed by atoms with Gasteiger partial charge in [-0.25, -0.2) is 0 Å². The molecule has 0 aliphatic carbocycles. The molecule has 1 amide bonds. The second kappa shape index (κ2) is 7.53. The van der Waals surface area contributed by atoms with Crippen molar-refractivity contribution in [3.05, 3.63) is 64.4 Å². The van der Waals surface area contributed by atoms with Crippen molar-refractivity contribution < 1.29 is 14.3 Å². The predicted octanol–water partition coefficient (Wildman–Crippen LogP) is 3.53. The van der Waals surface area contributed by atoms with E-state index in [2.05, 4.69) is 5.32 Å². The SMILES string of the molecule is COc1ccc(NC(=O)C(C)n2c(=O)cc(C)c3ccccc32)c(OC)c1. The first-order valence-electron chi connectivity index (χ1n) is 8.60. The Morgan fingerprint density at radius 2 is 1.81 bits per heavy atom. The summed E-state index contributed by atoms with van der Waals surface area (Å²) in [6.07, 6.45) is 0. The number of carbonyl (C=O) groups is 1. The summed E-state index contributed by atoms with van der Waals surface area (Å²) in [6.45, 7) is 3.59. The maximum Gasteiger partial charge on any atom is 0.252 e. The Morgan fingerprint density at radius 3 is 2.52 bits per heavy atom. The summed E-state index contributed by atoms with van der Waals surface area (Å²) >= 11 is 0. The minimum atomic E-state index is -0.699. The Labute approximate surface area is 157 Å². The van der Waals surface area contributed by atoms with Crippen molar-refractivity contribution in [2.24, 2.45) is 0 Å². The molecule has 0 aliphatic rings. The molecule has 1 aromatic heterocycles. The summed E-state index contributed by atoms with van der Waals surface area (Å²) in [5.41, 5.74) is 1.92. The van der Waals surface area contributed by atoms with E-state index in [1.165, 1.54) is 11.7 Å². The fourth-order valence-electron chi connectivity index (χ4n) is 3.12. The number of benzene rings is 2. The number of para-hydroxylation sites is 1. The van der Waals surface area contributed by atoms with E-state index < -0.39 is 6.04 Å². The lowest BCUT2D eigenvalue weighted by Crippen LogP contribution is -2.31. The van der Waals surface area contributed by atoms with Crippen LogP contribution in [0.4, 0.5) is 5.69 Å². The Bertz CT molecular complexity index is 1060. The maximum absolute atomic E-state index is 12.9. The monoisotopic (exact) mass is 366 g/mol. The number of anilines is 1. The molecule has 0 spiro atoms. The first kappa shape index (κ1) is 18.5. The van der Waals surface area contributed by atoms with Crippen LogP contribution in [0.1, 0.15) is 18.5 Å². The highest BCUT2D eigenvalue weighted by Crippen LogP contribution is 2.30. The lowest BCUT2D eigenvalue weighted by molar-refractivity contribution is -0.118. The normalized spacial score (nSPS) is 11.9. The number of methoxy groups -OCH3 is 2. The van der Waals surface area contributed by atoms with Crippen LogP contribution in [0.25, 0.3) is 10.9 Å². The number of aromatic nitrogens is 1. The van der Waals surface area contributed by atoms with Gasteiger partial charge in [0.1, 0.15) is 17.5 Å². The number of fused-ring (bicyclic) bond motifs is 1. The minimum absolute atomic E-state index is 0.212. The van der Waals surface area contributed by atoms with Crippen molar-refractivity contribution in [2.75, 3.05) is 19.5 Å². The van der Waals surface area contributed by atoms with E-state index in [9.17, 15) is 9.59 Å². The highest BCUT2D eigenvalue weighted by molar-refractivity contribution is 5.96. The number of aryl methyl sites for hydroxylation is 1. The van der Waals surface area contributed by atoms with Gasteiger partial charge in [0.2, 0.25) is 5.91 Å². The number of nitrogens with one attached hydrogen (secondary N) is 1. The van der Waals surface area contributed by atoms with E-state index in [1.54, 1.807) is 38.3 Å². The van der Waals surface area contributed by atoms with Crippen LogP contribution in [0.5, 0.6) is 11.5 Å². The van der Waals surface area contributed by atoms with Gasteiger partial charge in [-0.3, -0.25) is 14.2 Å². The van der Waals surface area contributed by atoms with Crippen LogP contribution < -0.4 is 20.3 Å². The summed E-state index contributed by atoms with van der Waals surface area (Å²) in [6, 6.07) is 13.5. The van der Waals surface area contributed by atoms with Crippen LogP contribution in [0.3, 0.4) is 0 Å². The molecule has 140 valence electrons. The lowest BCUT2D eigenvalue weighted by Gasteiger charge is -2.19. The molecule has 0 bridgehead atoms. The molecule has 1 atom stereocenters. The summed E-state index contributed by atoms with van der Waals surface area (Å²) < 4.78 is 12.0. The third kappa shape index (κ3) is 3.51. The first-order valence-corrected chi connectivity index (χ1v) is 8.60. The zero-order chi connectivity index (χ0) is 19.6. The summed E-state index contributed by atoms with van der Waals surface area (Å²) in [7, 11) is 3.08. The van der Waals surface area contributed by atoms with Gasteiger partial charge in [-0.05, 0) is 37.6 Å². The van der Waals surface area contributed by atoms with Gasteiger partial charge in [0.15, 0.2) is 0 Å². The summed E-state index contributed by atoms with van der Waals surface area (Å²) in [4.78, 5) is 25.5. The molecule has 0 radical (unpaired) electrons. The number of carbonyl (C=O) groups excluding carboxylic acids is 1. The Balaban J connectivity index is 1.98. The van der Waals surface area contributed by atoms with Crippen molar-refractivity contribution >= 4 is 22.5 Å². The van der Waals surface area contributed by atoms with Crippen LogP contribution in [-0.4, -0.2) is 24.7 Å². The van der Waals surface area contributed by atoms with Gasteiger partial charge in [-0.1, -0.05) is 18.2 Å². The average Bonchev–Trinajstić information content (AvgIpc) is 2.68. The van der Waals surface area contributed by atoms with E-state index >= 15 is 0 Å². The molecule has 6 heteroatoms. The van der Waals surface area contributed by atoms with Gasteiger partial charge in [0.05, 0.1) is 25.4 Å². The molecule has 0 fully saturated rings. The molecule has 1 N–H and O–H groups in total. The quantitative estimate of drug-likeness (QED) is 0.750. The fraction of sp³-hybridized carbons (Fsp3) is 0.238. The highest BCUT2D eigenvalue weighted by atomic mass is 16.5. The third-order valence-corrected chi connectivity index (χ3v) is 4.60. The zero-order valence-electron chi connectivity index (χ0n) is 15.8. The van der Waals surface area contributed by atoms with Gasteiger partial charge in [-0.2, -0.15) is 0 Å². The molecular formula is C21H22N2O4. The Morgan fingerprint density at radius 1 is 1.07 bits per heavy atom. The van der Waals surface area contributed by atoms with Crippen LogP contribution in [0, 0.1) is 6.92 Å². The smallest absolute Gasteiger partial charge is 0.252 e. The minimum Gasteiger partial charge on any atom is -0.497 e. The fourth-order valence-corrected chi connectivity index (χ4v) is 3.12. The largest absolute Gasteiger partial charge is 0.497 e. The topological polar surface area (TPSA) is 69.6 Å². The van der Waals surface area contributed by atoms with Crippen LogP contribution in [-0.2, 0) is 4.79 Å². The molecule has 0 saturated carbocycles. The molecule has 27 heavy (non-hydrogen) atoms. The van der Waals surface area contributed by atoms with Crippen molar-refractivity contribution in [3.63, 3.8) is 0 Å². The molecule has 2 aromatic carbocycles. The molecule has 0 aliphatic heterocycles. The molecular weight excluding hydrogens is 344 g/mol. The summed E-state index contributed by atoms with van der Waals surface area (Å²) in [5.74, 6) is 0.796. The summed E-state index contributed by atoms with van der Waals surface area (Å²) in [5, 5.41) is 3.78. The van der Waals surface area contributed by atoms with E-state index in [4.69, 9.17) is 9.47 Å². The molecule has 6 nitrogen and oxygen atoms in total.